The molecule has 0 unspecified atom stereocenters. The van der Waals surface area contributed by atoms with Gasteiger partial charge in [-0.25, -0.2) is 0 Å². The Balaban J connectivity index is 1.89. The molecule has 0 aliphatic rings. The summed E-state index contributed by atoms with van der Waals surface area (Å²) >= 11 is 7.90. The third-order valence-electron chi connectivity index (χ3n) is 3.04. The van der Waals surface area contributed by atoms with Crippen LogP contribution in [0.2, 0.25) is 5.02 Å². The maximum Gasteiger partial charge on any atom is 0.0412 e. The van der Waals surface area contributed by atoms with E-state index in [0.29, 0.717) is 0 Å². The summed E-state index contributed by atoms with van der Waals surface area (Å²) in [5.74, 6) is 0.989. The van der Waals surface area contributed by atoms with Gasteiger partial charge in [0.1, 0.15) is 0 Å². The Morgan fingerprint density at radius 3 is 2.53 bits per heavy atom. The quantitative estimate of drug-likeness (QED) is 0.549. The van der Waals surface area contributed by atoms with Crippen LogP contribution in [0.25, 0.3) is 10.8 Å². The molecule has 94 valence electrons. The van der Waals surface area contributed by atoms with Crippen LogP contribution >= 0.6 is 23.4 Å². The van der Waals surface area contributed by atoms with Gasteiger partial charge in [-0.2, -0.15) is 0 Å². The van der Waals surface area contributed by atoms with Crippen molar-refractivity contribution in [3.63, 3.8) is 0 Å². The first-order valence-corrected chi connectivity index (χ1v) is 7.54. The first-order valence-electron chi connectivity index (χ1n) is 6.18. The van der Waals surface area contributed by atoms with Crippen LogP contribution in [0.3, 0.4) is 0 Å². The zero-order valence-electron chi connectivity index (χ0n) is 10.3. The van der Waals surface area contributed by atoms with Crippen LogP contribution in [0.1, 0.15) is 5.56 Å². The molecular formula is C17H13ClS. The Hall–Kier alpha value is -1.44. The molecule has 0 saturated carbocycles. The SMILES string of the molecule is Clc1ccc2c(SCc3ccccc3)cccc2c1. The van der Waals surface area contributed by atoms with Crippen molar-refractivity contribution >= 4 is 34.1 Å². The molecule has 0 N–H and O–H groups in total. The van der Waals surface area contributed by atoms with Crippen LogP contribution in [-0.4, -0.2) is 0 Å². The van der Waals surface area contributed by atoms with E-state index in [-0.39, 0.29) is 0 Å². The van der Waals surface area contributed by atoms with Crippen molar-refractivity contribution in [2.75, 3.05) is 0 Å². The monoisotopic (exact) mass is 284 g/mol. The minimum absolute atomic E-state index is 0.790. The van der Waals surface area contributed by atoms with E-state index in [1.807, 2.05) is 30.0 Å². The van der Waals surface area contributed by atoms with E-state index in [0.717, 1.165) is 10.8 Å². The molecule has 0 spiro atoms. The molecule has 0 aromatic heterocycles. The highest BCUT2D eigenvalue weighted by atomic mass is 35.5. The van der Waals surface area contributed by atoms with Gasteiger partial charge in [-0.05, 0) is 34.5 Å². The van der Waals surface area contributed by atoms with Gasteiger partial charge in [0.25, 0.3) is 0 Å². The molecule has 0 saturated heterocycles. The third-order valence-corrected chi connectivity index (χ3v) is 4.42. The van der Waals surface area contributed by atoms with E-state index >= 15 is 0 Å². The predicted octanol–water partition coefficient (Wildman–Crippen LogP) is 5.79. The summed E-state index contributed by atoms with van der Waals surface area (Å²) < 4.78 is 0. The van der Waals surface area contributed by atoms with Crippen LogP contribution in [0.15, 0.2) is 71.6 Å². The van der Waals surface area contributed by atoms with Crippen LogP contribution in [0.4, 0.5) is 0 Å². The summed E-state index contributed by atoms with van der Waals surface area (Å²) in [7, 11) is 0. The molecule has 0 nitrogen and oxygen atoms in total. The average Bonchev–Trinajstić information content (AvgIpc) is 2.45. The summed E-state index contributed by atoms with van der Waals surface area (Å²) in [5, 5.41) is 3.26. The van der Waals surface area contributed by atoms with Crippen molar-refractivity contribution in [2.24, 2.45) is 0 Å². The van der Waals surface area contributed by atoms with Gasteiger partial charge in [-0.1, -0.05) is 60.1 Å². The topological polar surface area (TPSA) is 0 Å². The molecule has 3 aromatic rings. The Morgan fingerprint density at radius 2 is 1.68 bits per heavy atom. The van der Waals surface area contributed by atoms with Crippen molar-refractivity contribution in [3.8, 4) is 0 Å². The van der Waals surface area contributed by atoms with Crippen LogP contribution in [0.5, 0.6) is 0 Å². The molecule has 0 radical (unpaired) electrons. The zero-order chi connectivity index (χ0) is 13.1. The van der Waals surface area contributed by atoms with Gasteiger partial charge < -0.3 is 0 Å². The van der Waals surface area contributed by atoms with E-state index in [9.17, 15) is 0 Å². The molecule has 19 heavy (non-hydrogen) atoms. The van der Waals surface area contributed by atoms with Gasteiger partial charge in [0.15, 0.2) is 0 Å². The van der Waals surface area contributed by atoms with Crippen molar-refractivity contribution in [2.45, 2.75) is 10.6 Å². The number of hydrogen-bond donors (Lipinski definition) is 0. The van der Waals surface area contributed by atoms with Crippen molar-refractivity contribution in [3.05, 3.63) is 77.3 Å². The smallest absolute Gasteiger partial charge is 0.0412 e. The lowest BCUT2D eigenvalue weighted by Crippen LogP contribution is -1.81. The molecule has 3 aromatic carbocycles. The molecule has 0 heterocycles. The van der Waals surface area contributed by atoms with Gasteiger partial charge in [0, 0.05) is 15.7 Å². The van der Waals surface area contributed by atoms with E-state index in [1.165, 1.54) is 21.2 Å². The fraction of sp³-hybridized carbons (Fsp3) is 0.0588. The lowest BCUT2D eigenvalue weighted by atomic mass is 10.1. The number of halogens is 1. The molecule has 0 aliphatic heterocycles. The number of fused-ring (bicyclic) bond motifs is 1. The molecule has 0 aliphatic carbocycles. The molecule has 0 bridgehead atoms. The highest BCUT2D eigenvalue weighted by molar-refractivity contribution is 7.98. The predicted molar refractivity (Wildman–Crippen MR) is 85.0 cm³/mol. The zero-order valence-corrected chi connectivity index (χ0v) is 11.9. The van der Waals surface area contributed by atoms with Crippen molar-refractivity contribution in [1.29, 1.82) is 0 Å². The molecular weight excluding hydrogens is 272 g/mol. The summed E-state index contributed by atoms with van der Waals surface area (Å²) in [4.78, 5) is 1.30. The number of thioether (sulfide) groups is 1. The highest BCUT2D eigenvalue weighted by Crippen LogP contribution is 2.31. The lowest BCUT2D eigenvalue weighted by molar-refractivity contribution is 1.40. The Bertz CT molecular complexity index is 692. The van der Waals surface area contributed by atoms with Crippen molar-refractivity contribution in [1.82, 2.24) is 0 Å². The minimum Gasteiger partial charge on any atom is -0.121 e. The second-order valence-corrected chi connectivity index (χ2v) is 5.85. The van der Waals surface area contributed by atoms with E-state index in [1.54, 1.807) is 0 Å². The minimum atomic E-state index is 0.790. The highest BCUT2D eigenvalue weighted by Gasteiger charge is 2.02. The van der Waals surface area contributed by atoms with E-state index < -0.39 is 0 Å². The van der Waals surface area contributed by atoms with Gasteiger partial charge in [-0.3, -0.25) is 0 Å². The largest absolute Gasteiger partial charge is 0.121 e. The van der Waals surface area contributed by atoms with Crippen molar-refractivity contribution < 1.29 is 0 Å². The fourth-order valence-corrected chi connectivity index (χ4v) is 3.30. The lowest BCUT2D eigenvalue weighted by Gasteiger charge is -2.07. The Morgan fingerprint density at radius 1 is 0.842 bits per heavy atom. The van der Waals surface area contributed by atoms with Gasteiger partial charge in [0.2, 0.25) is 0 Å². The second-order valence-electron chi connectivity index (χ2n) is 4.40. The fourth-order valence-electron chi connectivity index (χ4n) is 2.09. The van der Waals surface area contributed by atoms with Gasteiger partial charge >= 0.3 is 0 Å². The summed E-state index contributed by atoms with van der Waals surface area (Å²) in [6.07, 6.45) is 0. The number of benzene rings is 3. The first kappa shape index (κ1) is 12.6. The summed E-state index contributed by atoms with van der Waals surface area (Å²) in [6, 6.07) is 23.0. The number of rotatable bonds is 3. The first-order chi connectivity index (χ1) is 9.33. The molecule has 0 amide bonds. The molecule has 3 rings (SSSR count). The normalized spacial score (nSPS) is 10.8. The van der Waals surface area contributed by atoms with Crippen LogP contribution < -0.4 is 0 Å². The number of hydrogen-bond acceptors (Lipinski definition) is 1. The molecule has 2 heteroatoms. The van der Waals surface area contributed by atoms with Gasteiger partial charge in [0.05, 0.1) is 0 Å². The molecule has 0 fully saturated rings. The third kappa shape index (κ3) is 2.94. The standard InChI is InChI=1S/C17H13ClS/c18-15-9-10-16-14(11-15)7-4-8-17(16)19-12-13-5-2-1-3-6-13/h1-11H,12H2. The van der Waals surface area contributed by atoms with E-state index in [4.69, 9.17) is 11.6 Å². The van der Waals surface area contributed by atoms with Crippen LogP contribution in [0, 0.1) is 0 Å². The van der Waals surface area contributed by atoms with Crippen LogP contribution in [-0.2, 0) is 5.75 Å². The Labute approximate surface area is 122 Å². The second kappa shape index (κ2) is 5.68. The summed E-state index contributed by atoms with van der Waals surface area (Å²) in [6.45, 7) is 0. The van der Waals surface area contributed by atoms with E-state index in [2.05, 4.69) is 48.5 Å². The van der Waals surface area contributed by atoms with Gasteiger partial charge in [-0.15, -0.1) is 11.8 Å². The maximum atomic E-state index is 6.04. The maximum absolute atomic E-state index is 6.04. The summed E-state index contributed by atoms with van der Waals surface area (Å²) in [5.41, 5.74) is 1.35. The average molecular weight is 285 g/mol. The molecule has 0 atom stereocenters. The Kier molecular flexibility index (Phi) is 3.77.